The molecule has 0 fully saturated rings. The molecule has 10 heteroatoms. The molecule has 0 saturated carbocycles. The number of ether oxygens (including phenoxy) is 2. The van der Waals surface area contributed by atoms with Gasteiger partial charge in [-0.2, -0.15) is 0 Å². The molecule has 242 valence electrons. The van der Waals surface area contributed by atoms with Crippen LogP contribution in [0.1, 0.15) is 65.4 Å². The Morgan fingerprint density at radius 3 is 2.38 bits per heavy atom. The SMILES string of the molecule is CC(C)CCCOCCn1nnc2c1-c1ccccc1CN(C(=O)CCC(=O)NCCOCCC(=O)C(C)C)c1ccccc1-2. The van der Waals surface area contributed by atoms with Crippen LogP contribution in [0, 0.1) is 11.8 Å². The first-order chi connectivity index (χ1) is 21.8. The lowest BCUT2D eigenvalue weighted by Gasteiger charge is -2.28. The highest BCUT2D eigenvalue weighted by Gasteiger charge is 2.29. The van der Waals surface area contributed by atoms with E-state index in [2.05, 4.69) is 29.5 Å². The van der Waals surface area contributed by atoms with Crippen molar-refractivity contribution in [2.24, 2.45) is 11.8 Å². The van der Waals surface area contributed by atoms with Gasteiger partial charge < -0.3 is 19.7 Å². The van der Waals surface area contributed by atoms with Gasteiger partial charge >= 0.3 is 0 Å². The fraction of sp³-hybridized carbons (Fsp3) is 0.514. The molecular weight excluding hydrogens is 570 g/mol. The molecule has 1 aromatic heterocycles. The largest absolute Gasteiger partial charge is 0.380 e. The molecule has 2 heterocycles. The maximum absolute atomic E-state index is 13.7. The molecule has 0 aliphatic carbocycles. The van der Waals surface area contributed by atoms with Crippen LogP contribution in [-0.2, 0) is 36.9 Å². The predicted molar refractivity (Wildman–Crippen MR) is 174 cm³/mol. The third kappa shape index (κ3) is 9.55. The van der Waals surface area contributed by atoms with E-state index in [9.17, 15) is 14.4 Å². The topological polar surface area (TPSA) is 116 Å². The van der Waals surface area contributed by atoms with Gasteiger partial charge in [0, 0.05) is 49.5 Å². The number of anilines is 1. The Labute approximate surface area is 266 Å². The summed E-state index contributed by atoms with van der Waals surface area (Å²) in [5.41, 5.74) is 5.12. The molecular formula is C35H47N5O5. The molecule has 2 amide bonds. The Morgan fingerprint density at radius 1 is 0.867 bits per heavy atom. The van der Waals surface area contributed by atoms with Crippen molar-refractivity contribution in [2.45, 2.75) is 72.9 Å². The van der Waals surface area contributed by atoms with Crippen molar-refractivity contribution in [3.05, 3.63) is 54.1 Å². The molecule has 10 nitrogen and oxygen atoms in total. The second-order valence-corrected chi connectivity index (χ2v) is 12.1. The summed E-state index contributed by atoms with van der Waals surface area (Å²) < 4.78 is 13.3. The summed E-state index contributed by atoms with van der Waals surface area (Å²) in [7, 11) is 0. The minimum atomic E-state index is -0.220. The van der Waals surface area contributed by atoms with Crippen LogP contribution in [0.25, 0.3) is 22.5 Å². The summed E-state index contributed by atoms with van der Waals surface area (Å²) in [6.45, 7) is 11.3. The van der Waals surface area contributed by atoms with Gasteiger partial charge in [0.2, 0.25) is 11.8 Å². The van der Waals surface area contributed by atoms with E-state index >= 15 is 0 Å². The minimum absolute atomic E-state index is 0.00915. The lowest BCUT2D eigenvalue weighted by Crippen LogP contribution is -2.34. The highest BCUT2D eigenvalue weighted by atomic mass is 16.5. The van der Waals surface area contributed by atoms with Crippen molar-refractivity contribution in [3.63, 3.8) is 0 Å². The van der Waals surface area contributed by atoms with Crippen molar-refractivity contribution in [2.75, 3.05) is 37.9 Å². The van der Waals surface area contributed by atoms with Crippen LogP contribution < -0.4 is 10.2 Å². The van der Waals surface area contributed by atoms with Crippen LogP contribution in [-0.4, -0.2) is 65.6 Å². The molecule has 2 aromatic carbocycles. The first kappa shape index (κ1) is 34.0. The molecule has 3 aromatic rings. The number of Topliss-reactive ketones (excluding diaryl/α,β-unsaturated/α-hetero) is 1. The van der Waals surface area contributed by atoms with E-state index < -0.39 is 0 Å². The van der Waals surface area contributed by atoms with E-state index in [1.165, 1.54) is 0 Å². The Hall–Kier alpha value is -3.89. The Kier molecular flexibility index (Phi) is 12.8. The number of nitrogens with one attached hydrogen (secondary N) is 1. The third-order valence-electron chi connectivity index (χ3n) is 7.88. The van der Waals surface area contributed by atoms with Crippen LogP contribution in [0.5, 0.6) is 0 Å². The van der Waals surface area contributed by atoms with Crippen LogP contribution in [0.3, 0.4) is 0 Å². The smallest absolute Gasteiger partial charge is 0.227 e. The minimum Gasteiger partial charge on any atom is -0.380 e. The van der Waals surface area contributed by atoms with E-state index in [-0.39, 0.29) is 36.4 Å². The highest BCUT2D eigenvalue weighted by Crippen LogP contribution is 2.41. The number of carbonyl (C=O) groups is 3. The normalized spacial score (nSPS) is 12.4. The van der Waals surface area contributed by atoms with Gasteiger partial charge in [0.1, 0.15) is 11.5 Å². The lowest BCUT2D eigenvalue weighted by atomic mass is 9.95. The molecule has 45 heavy (non-hydrogen) atoms. The molecule has 1 aliphatic rings. The number of rotatable bonds is 17. The zero-order valence-corrected chi connectivity index (χ0v) is 27.1. The maximum Gasteiger partial charge on any atom is 0.227 e. The number of benzene rings is 2. The highest BCUT2D eigenvalue weighted by molar-refractivity contribution is 6.01. The number of fused-ring (bicyclic) bond motifs is 5. The number of hydrogen-bond acceptors (Lipinski definition) is 7. The van der Waals surface area contributed by atoms with E-state index in [1.807, 2.05) is 67.1 Å². The molecule has 0 atom stereocenters. The number of carbonyl (C=O) groups excluding carboxylic acids is 3. The summed E-state index contributed by atoms with van der Waals surface area (Å²) in [5.74, 6) is 0.437. The van der Waals surface area contributed by atoms with E-state index in [4.69, 9.17) is 9.47 Å². The fourth-order valence-corrected chi connectivity index (χ4v) is 5.31. The second kappa shape index (κ2) is 17.0. The monoisotopic (exact) mass is 617 g/mol. The van der Waals surface area contributed by atoms with Gasteiger partial charge in [-0.15, -0.1) is 5.10 Å². The number of ketones is 1. The summed E-state index contributed by atoms with van der Waals surface area (Å²) in [6, 6.07) is 15.7. The second-order valence-electron chi connectivity index (χ2n) is 12.1. The molecule has 0 spiro atoms. The molecule has 0 saturated heterocycles. The van der Waals surface area contributed by atoms with Gasteiger partial charge in [-0.05, 0) is 30.4 Å². The number of amides is 2. The molecule has 0 bridgehead atoms. The first-order valence-corrected chi connectivity index (χ1v) is 16.1. The van der Waals surface area contributed by atoms with Crippen molar-refractivity contribution >= 4 is 23.3 Å². The summed E-state index contributed by atoms with van der Waals surface area (Å²) in [4.78, 5) is 39.7. The standard InChI is InChI=1S/C35H47N5O5/c1-25(2)10-9-20-44-23-19-40-35-28-12-6-5-11-27(28)24-39(30-14-8-7-13-29(30)34(35)37-38-40)33(43)16-15-32(42)36-18-22-45-21-17-31(41)26(3)4/h5-8,11-14,25-26H,9-10,15-24H2,1-4H3,(H,36,42). The molecule has 0 unspecified atom stereocenters. The quantitative estimate of drug-likeness (QED) is 0.201. The predicted octanol–water partition coefficient (Wildman–Crippen LogP) is 5.44. The van der Waals surface area contributed by atoms with Crippen molar-refractivity contribution < 1.29 is 23.9 Å². The number of para-hydroxylation sites is 1. The average Bonchev–Trinajstić information content (AvgIpc) is 3.44. The van der Waals surface area contributed by atoms with E-state index in [0.29, 0.717) is 57.5 Å². The van der Waals surface area contributed by atoms with Crippen LogP contribution >= 0.6 is 0 Å². The molecule has 1 aliphatic heterocycles. The Balaban J connectivity index is 1.42. The van der Waals surface area contributed by atoms with E-state index in [1.54, 1.807) is 4.90 Å². The van der Waals surface area contributed by atoms with Crippen LogP contribution in [0.4, 0.5) is 5.69 Å². The zero-order valence-electron chi connectivity index (χ0n) is 27.1. The van der Waals surface area contributed by atoms with Gasteiger partial charge in [0.25, 0.3) is 0 Å². The number of nitrogens with zero attached hydrogens (tertiary/aromatic N) is 4. The van der Waals surface area contributed by atoms with Gasteiger partial charge in [0.05, 0.1) is 44.3 Å². The van der Waals surface area contributed by atoms with E-state index in [0.717, 1.165) is 47.5 Å². The Bertz CT molecular complexity index is 1430. The zero-order chi connectivity index (χ0) is 32.2. The van der Waals surface area contributed by atoms with Crippen molar-refractivity contribution in [1.29, 1.82) is 0 Å². The molecule has 0 radical (unpaired) electrons. The van der Waals surface area contributed by atoms with Crippen molar-refractivity contribution in [3.8, 4) is 22.5 Å². The van der Waals surface area contributed by atoms with Crippen LogP contribution in [0.15, 0.2) is 48.5 Å². The summed E-state index contributed by atoms with van der Waals surface area (Å²) >= 11 is 0. The maximum atomic E-state index is 13.7. The summed E-state index contributed by atoms with van der Waals surface area (Å²) in [5, 5.41) is 11.9. The Morgan fingerprint density at radius 2 is 1.60 bits per heavy atom. The first-order valence-electron chi connectivity index (χ1n) is 16.1. The van der Waals surface area contributed by atoms with Gasteiger partial charge in [-0.1, -0.05) is 75.4 Å². The summed E-state index contributed by atoms with van der Waals surface area (Å²) in [6.07, 6.45) is 2.65. The average molecular weight is 618 g/mol. The number of hydrogen-bond donors (Lipinski definition) is 1. The van der Waals surface area contributed by atoms with Gasteiger partial charge in [0.15, 0.2) is 0 Å². The molecule has 1 N–H and O–H groups in total. The number of aromatic nitrogens is 3. The van der Waals surface area contributed by atoms with Crippen LogP contribution in [0.2, 0.25) is 0 Å². The van der Waals surface area contributed by atoms with Gasteiger partial charge in [-0.25, -0.2) is 4.68 Å². The van der Waals surface area contributed by atoms with Gasteiger partial charge in [-0.3, -0.25) is 14.4 Å². The molecule has 4 rings (SSSR count). The van der Waals surface area contributed by atoms with Crippen molar-refractivity contribution in [1.82, 2.24) is 20.3 Å². The fourth-order valence-electron chi connectivity index (χ4n) is 5.31. The third-order valence-corrected chi connectivity index (χ3v) is 7.88. The lowest BCUT2D eigenvalue weighted by molar-refractivity contribution is -0.125.